The van der Waals surface area contributed by atoms with Crippen LogP contribution in [0.2, 0.25) is 0 Å². The van der Waals surface area contributed by atoms with E-state index in [1.54, 1.807) is 0 Å². The van der Waals surface area contributed by atoms with Gasteiger partial charge in [-0.25, -0.2) is 0 Å². The zero-order valence-electron chi connectivity index (χ0n) is 13.8. The Labute approximate surface area is 136 Å². The van der Waals surface area contributed by atoms with Crippen molar-refractivity contribution in [2.75, 3.05) is 19.6 Å². The first kappa shape index (κ1) is 15.2. The molecular formula is C18H30BN2O-. The fourth-order valence-electron chi connectivity index (χ4n) is 5.54. The summed E-state index contributed by atoms with van der Waals surface area (Å²) in [5, 5.41) is 0. The number of rotatable bonds is 1. The van der Waals surface area contributed by atoms with E-state index in [9.17, 15) is 0 Å². The molecule has 0 bridgehead atoms. The van der Waals surface area contributed by atoms with Gasteiger partial charge in [-0.3, -0.25) is 0 Å². The molecule has 0 aromatic heterocycles. The van der Waals surface area contributed by atoms with E-state index in [1.165, 1.54) is 58.0 Å². The summed E-state index contributed by atoms with van der Waals surface area (Å²) in [7, 11) is 6.35. The van der Waals surface area contributed by atoms with Crippen LogP contribution in [-0.2, 0) is 4.74 Å². The van der Waals surface area contributed by atoms with Gasteiger partial charge in [0.15, 0.2) is 0 Å². The third-order valence-electron chi connectivity index (χ3n) is 6.70. The van der Waals surface area contributed by atoms with Gasteiger partial charge in [-0.2, -0.15) is 0 Å². The molecule has 4 fully saturated rings. The van der Waals surface area contributed by atoms with Crippen LogP contribution >= 0.6 is 0 Å². The fraction of sp³-hybridized carbons (Fsp3) is 0.889. The van der Waals surface area contributed by atoms with E-state index in [-0.39, 0.29) is 0 Å². The predicted octanol–water partition coefficient (Wildman–Crippen LogP) is 2.39. The van der Waals surface area contributed by atoms with E-state index in [1.807, 2.05) is 0 Å². The van der Waals surface area contributed by atoms with Crippen LogP contribution in [0.1, 0.15) is 44.9 Å². The first-order chi connectivity index (χ1) is 10.8. The molecule has 1 saturated carbocycles. The van der Waals surface area contributed by atoms with Gasteiger partial charge in [0, 0.05) is 0 Å². The Hall–Kier alpha value is -0.345. The van der Waals surface area contributed by atoms with Crippen molar-refractivity contribution in [2.45, 2.75) is 57.3 Å². The number of likely N-dealkylation sites (tertiary alicyclic amines) is 1. The molecule has 4 heteroatoms. The molecule has 0 radical (unpaired) electrons. The molecule has 0 aromatic rings. The first-order valence-electron chi connectivity index (χ1n) is 9.37. The van der Waals surface area contributed by atoms with Gasteiger partial charge in [0.1, 0.15) is 0 Å². The van der Waals surface area contributed by atoms with Crippen molar-refractivity contribution < 1.29 is 4.74 Å². The Morgan fingerprint density at radius 2 is 1.64 bits per heavy atom. The third-order valence-corrected chi connectivity index (χ3v) is 6.70. The quantitative estimate of drug-likeness (QED) is 0.421. The Morgan fingerprint density at radius 1 is 0.909 bits per heavy atom. The minimum absolute atomic E-state index is 0.312. The molecule has 3 heterocycles. The van der Waals surface area contributed by atoms with Crippen LogP contribution in [0.5, 0.6) is 0 Å². The van der Waals surface area contributed by atoms with Crippen LogP contribution in [-0.4, -0.2) is 55.2 Å². The molecule has 3 saturated heterocycles. The van der Waals surface area contributed by atoms with Crippen LogP contribution in [0.15, 0.2) is 0 Å². The number of ether oxygens (including phenoxy) is 1. The molecule has 6 atom stereocenters. The Bertz CT molecular complexity index is 418. The van der Waals surface area contributed by atoms with Crippen molar-refractivity contribution in [3.05, 3.63) is 7.05 Å². The van der Waals surface area contributed by atoms with Crippen molar-refractivity contribution in [3.8, 4) is 0 Å². The normalized spacial score (nSPS) is 46.0. The molecule has 0 N–H and O–H groups in total. The number of nitrogens with zero attached hydrogens (tertiary/aromatic N) is 2. The molecule has 6 unspecified atom stereocenters. The maximum absolute atomic E-state index is 6.10. The van der Waals surface area contributed by atoms with Gasteiger partial charge in [-0.05, 0) is 0 Å². The minimum atomic E-state index is 0.312. The van der Waals surface area contributed by atoms with Crippen molar-refractivity contribution in [1.29, 1.82) is 0 Å². The number of epoxide rings is 1. The maximum atomic E-state index is 6.10. The third kappa shape index (κ3) is 2.77. The summed E-state index contributed by atoms with van der Waals surface area (Å²) in [6, 6.07) is 0. The summed E-state index contributed by atoms with van der Waals surface area (Å²) in [6.07, 6.45) is 10.7. The van der Waals surface area contributed by atoms with Crippen molar-refractivity contribution in [3.63, 3.8) is 0 Å². The zero-order chi connectivity index (χ0) is 15.1. The number of fused-ring (bicyclic) bond motifs is 5. The Kier molecular flexibility index (Phi) is 4.34. The fourth-order valence-corrected chi connectivity index (χ4v) is 5.54. The van der Waals surface area contributed by atoms with Gasteiger partial charge in [0.05, 0.1) is 0 Å². The van der Waals surface area contributed by atoms with Crippen molar-refractivity contribution in [2.24, 2.45) is 23.7 Å². The van der Waals surface area contributed by atoms with Gasteiger partial charge in [0.2, 0.25) is 0 Å². The van der Waals surface area contributed by atoms with Gasteiger partial charge >= 0.3 is 136 Å². The van der Waals surface area contributed by atoms with Crippen LogP contribution < -0.4 is 0 Å². The summed E-state index contributed by atoms with van der Waals surface area (Å²) < 4.78 is 6.10. The van der Waals surface area contributed by atoms with E-state index < -0.39 is 0 Å². The zero-order valence-corrected chi connectivity index (χ0v) is 13.8. The second-order valence-corrected chi connectivity index (χ2v) is 8.00. The second-order valence-electron chi connectivity index (χ2n) is 8.00. The SMILES string of the molecule is C=BN1CC2CN([CH2-])C3OC3C3CCCCCCCC3C2C1. The topological polar surface area (TPSA) is 19.0 Å². The summed E-state index contributed by atoms with van der Waals surface area (Å²) in [4.78, 5) is 4.70. The van der Waals surface area contributed by atoms with E-state index in [2.05, 4.69) is 30.3 Å². The summed E-state index contributed by atoms with van der Waals surface area (Å²) in [5.74, 6) is 3.19. The molecule has 3 nitrogen and oxygen atoms in total. The molecule has 0 aromatic carbocycles. The van der Waals surface area contributed by atoms with Crippen molar-refractivity contribution in [1.82, 2.24) is 9.71 Å². The second kappa shape index (κ2) is 6.28. The molecule has 122 valence electrons. The van der Waals surface area contributed by atoms with E-state index >= 15 is 0 Å². The van der Waals surface area contributed by atoms with E-state index in [4.69, 9.17) is 4.74 Å². The average Bonchev–Trinajstić information content (AvgIpc) is 3.17. The number of hydrogen-bond acceptors (Lipinski definition) is 3. The molecule has 4 rings (SSSR count). The van der Waals surface area contributed by atoms with Crippen LogP contribution in [0, 0.1) is 30.7 Å². The van der Waals surface area contributed by atoms with E-state index in [0.717, 1.165) is 30.2 Å². The summed E-state index contributed by atoms with van der Waals surface area (Å²) in [6.45, 7) is 7.49. The molecular weight excluding hydrogens is 271 g/mol. The molecule has 3 aliphatic heterocycles. The van der Waals surface area contributed by atoms with Gasteiger partial charge in [-0.15, -0.1) is 0 Å². The molecule has 22 heavy (non-hydrogen) atoms. The van der Waals surface area contributed by atoms with Gasteiger partial charge < -0.3 is 0 Å². The molecule has 4 aliphatic rings. The van der Waals surface area contributed by atoms with Crippen LogP contribution in [0.25, 0.3) is 0 Å². The van der Waals surface area contributed by atoms with Crippen LogP contribution in [0.4, 0.5) is 0 Å². The molecule has 0 spiro atoms. The molecule has 0 amide bonds. The number of hydrogen-bond donors (Lipinski definition) is 0. The van der Waals surface area contributed by atoms with Crippen molar-refractivity contribution >= 4 is 13.5 Å². The Balaban J connectivity index is 1.60. The Morgan fingerprint density at radius 3 is 2.41 bits per heavy atom. The van der Waals surface area contributed by atoms with Gasteiger partial charge in [-0.1, -0.05) is 0 Å². The van der Waals surface area contributed by atoms with E-state index in [0.29, 0.717) is 12.3 Å². The average molecular weight is 301 g/mol. The first-order valence-corrected chi connectivity index (χ1v) is 9.37. The van der Waals surface area contributed by atoms with Gasteiger partial charge in [0.25, 0.3) is 0 Å². The monoisotopic (exact) mass is 301 g/mol. The van der Waals surface area contributed by atoms with Crippen LogP contribution in [0.3, 0.4) is 0 Å². The standard InChI is InChI=1S/C18H30BN2O/c1-19-21-11-13-10-20(2)18-17(22-18)15-9-7-5-3-4-6-8-14(15)16(13)12-21/h13-18H,1-12H2/q-1. The molecule has 1 aliphatic carbocycles. The summed E-state index contributed by atoms with van der Waals surface area (Å²) in [5.41, 5.74) is 0. The summed E-state index contributed by atoms with van der Waals surface area (Å²) >= 11 is 0. The predicted molar refractivity (Wildman–Crippen MR) is 91.5 cm³/mol.